The molecule has 2 aromatic rings. The molecule has 0 aromatic heterocycles. The lowest BCUT2D eigenvalue weighted by atomic mass is 10.1. The highest BCUT2D eigenvalue weighted by Crippen LogP contribution is 2.35. The van der Waals surface area contributed by atoms with Crippen molar-refractivity contribution in [2.75, 3.05) is 26.6 Å². The normalized spacial score (nSPS) is 10.1. The Hall–Kier alpha value is -1.73. The number of halogens is 2. The smallest absolute Gasteiger partial charge is 0.259 e. The molecule has 0 saturated heterocycles. The van der Waals surface area contributed by atoms with Crippen LogP contribution in [-0.4, -0.2) is 27.2 Å². The molecule has 2 rings (SSSR count). The molecule has 2 aromatic carbocycles. The van der Waals surface area contributed by atoms with Gasteiger partial charge in [-0.05, 0) is 34.1 Å². The summed E-state index contributed by atoms with van der Waals surface area (Å²) >= 11 is 6.79. The first-order valence-corrected chi connectivity index (χ1v) is 8.15. The van der Waals surface area contributed by atoms with Crippen LogP contribution in [-0.2, 0) is 0 Å². The Morgan fingerprint density at radius 3 is 2.13 bits per heavy atom. The molecule has 0 heterocycles. The fraction of sp³-hybridized carbons (Fsp3) is 0.188. The lowest BCUT2D eigenvalue weighted by Crippen LogP contribution is -2.14. The minimum absolute atomic E-state index is 0.318. The van der Waals surface area contributed by atoms with Crippen molar-refractivity contribution in [3.63, 3.8) is 0 Å². The molecule has 7 heteroatoms. The Bertz CT molecular complexity index is 734. The highest BCUT2D eigenvalue weighted by Gasteiger charge is 2.18. The minimum atomic E-state index is -0.318. The average Bonchev–Trinajstić information content (AvgIpc) is 2.56. The standard InChI is InChI=1S/C16H15Br2NO4/c1-21-13-8-15(23-3)14(22-2)7-10(13)16(20)19-12-6-9(17)4-5-11(12)18/h4-8H,1-3H3,(H,19,20). The number of hydrogen-bond acceptors (Lipinski definition) is 4. The predicted octanol–water partition coefficient (Wildman–Crippen LogP) is 4.49. The number of carbonyl (C=O) groups excluding carboxylic acids is 1. The fourth-order valence-electron chi connectivity index (χ4n) is 1.99. The van der Waals surface area contributed by atoms with Crippen molar-refractivity contribution in [3.8, 4) is 17.2 Å². The van der Waals surface area contributed by atoms with Crippen molar-refractivity contribution in [1.82, 2.24) is 0 Å². The first-order chi connectivity index (χ1) is 11.0. The monoisotopic (exact) mass is 443 g/mol. The number of amides is 1. The van der Waals surface area contributed by atoms with Crippen LogP contribution in [0.25, 0.3) is 0 Å². The van der Waals surface area contributed by atoms with Gasteiger partial charge in [0.15, 0.2) is 11.5 Å². The molecule has 0 aliphatic rings. The van der Waals surface area contributed by atoms with Crippen molar-refractivity contribution < 1.29 is 19.0 Å². The molecule has 0 unspecified atom stereocenters. The fourth-order valence-corrected chi connectivity index (χ4v) is 2.70. The third-order valence-electron chi connectivity index (χ3n) is 3.13. The Morgan fingerprint density at radius 1 is 0.913 bits per heavy atom. The minimum Gasteiger partial charge on any atom is -0.496 e. The molecule has 0 atom stereocenters. The maximum Gasteiger partial charge on any atom is 0.259 e. The van der Waals surface area contributed by atoms with E-state index in [0.29, 0.717) is 28.5 Å². The Morgan fingerprint density at radius 2 is 1.52 bits per heavy atom. The zero-order valence-corrected chi connectivity index (χ0v) is 15.9. The molecule has 1 N–H and O–H groups in total. The zero-order chi connectivity index (χ0) is 17.0. The second-order valence-electron chi connectivity index (χ2n) is 4.49. The number of ether oxygens (including phenoxy) is 3. The van der Waals surface area contributed by atoms with Crippen molar-refractivity contribution in [1.29, 1.82) is 0 Å². The van der Waals surface area contributed by atoms with Crippen LogP contribution in [0.3, 0.4) is 0 Å². The van der Waals surface area contributed by atoms with Crippen molar-refractivity contribution in [2.24, 2.45) is 0 Å². The van der Waals surface area contributed by atoms with Crippen molar-refractivity contribution in [3.05, 3.63) is 44.8 Å². The van der Waals surface area contributed by atoms with Crippen molar-refractivity contribution >= 4 is 43.5 Å². The summed E-state index contributed by atoms with van der Waals surface area (Å²) in [5.41, 5.74) is 0.984. The van der Waals surface area contributed by atoms with Gasteiger partial charge in [-0.2, -0.15) is 0 Å². The molecule has 5 nitrogen and oxygen atoms in total. The van der Waals surface area contributed by atoms with Crippen LogP contribution in [0.1, 0.15) is 10.4 Å². The second kappa shape index (κ2) is 7.70. The number of methoxy groups -OCH3 is 3. The first kappa shape index (κ1) is 17.6. The van der Waals surface area contributed by atoms with Crippen LogP contribution in [0.2, 0.25) is 0 Å². The van der Waals surface area contributed by atoms with Gasteiger partial charge in [0.05, 0.1) is 32.6 Å². The van der Waals surface area contributed by atoms with E-state index in [1.165, 1.54) is 21.3 Å². The topological polar surface area (TPSA) is 56.8 Å². The van der Waals surface area contributed by atoms with Crippen LogP contribution in [0.5, 0.6) is 17.2 Å². The van der Waals surface area contributed by atoms with E-state index < -0.39 is 0 Å². The molecule has 0 bridgehead atoms. The van der Waals surface area contributed by atoms with Gasteiger partial charge in [-0.3, -0.25) is 4.79 Å². The van der Waals surface area contributed by atoms with Crippen LogP contribution >= 0.6 is 31.9 Å². The van der Waals surface area contributed by atoms with Gasteiger partial charge in [-0.25, -0.2) is 0 Å². The highest BCUT2D eigenvalue weighted by atomic mass is 79.9. The maximum atomic E-state index is 12.6. The second-order valence-corrected chi connectivity index (χ2v) is 6.26. The van der Waals surface area contributed by atoms with Gasteiger partial charge in [0.2, 0.25) is 0 Å². The SMILES string of the molecule is COc1cc(OC)c(C(=O)Nc2cc(Br)ccc2Br)cc1OC. The van der Waals surface area contributed by atoms with Gasteiger partial charge >= 0.3 is 0 Å². The lowest BCUT2D eigenvalue weighted by molar-refractivity contribution is 0.102. The molecule has 0 spiro atoms. The van der Waals surface area contributed by atoms with Crippen LogP contribution in [0, 0.1) is 0 Å². The van der Waals surface area contributed by atoms with Crippen molar-refractivity contribution in [2.45, 2.75) is 0 Å². The number of carbonyl (C=O) groups is 1. The zero-order valence-electron chi connectivity index (χ0n) is 12.8. The quantitative estimate of drug-likeness (QED) is 0.738. The van der Waals surface area contributed by atoms with Gasteiger partial charge in [-0.15, -0.1) is 0 Å². The molecule has 0 fully saturated rings. The van der Waals surface area contributed by atoms with E-state index in [9.17, 15) is 4.79 Å². The molecule has 0 aliphatic heterocycles. The van der Waals surface area contributed by atoms with E-state index >= 15 is 0 Å². The summed E-state index contributed by atoms with van der Waals surface area (Å²) in [5, 5.41) is 2.84. The Kier molecular flexibility index (Phi) is 5.90. The summed E-state index contributed by atoms with van der Waals surface area (Å²) in [6, 6.07) is 8.71. The van der Waals surface area contributed by atoms with Crippen LogP contribution < -0.4 is 19.5 Å². The van der Waals surface area contributed by atoms with E-state index in [0.717, 1.165) is 8.95 Å². The summed E-state index contributed by atoms with van der Waals surface area (Å²) < 4.78 is 17.4. The number of nitrogens with one attached hydrogen (secondary N) is 1. The Balaban J connectivity index is 2.40. The van der Waals surface area contributed by atoms with Gasteiger partial charge in [-0.1, -0.05) is 15.9 Å². The first-order valence-electron chi connectivity index (χ1n) is 6.56. The van der Waals surface area contributed by atoms with Gasteiger partial charge < -0.3 is 19.5 Å². The van der Waals surface area contributed by atoms with E-state index in [-0.39, 0.29) is 5.91 Å². The molecule has 0 radical (unpaired) electrons. The third kappa shape index (κ3) is 3.97. The van der Waals surface area contributed by atoms with E-state index in [1.54, 1.807) is 18.2 Å². The van der Waals surface area contributed by atoms with Gasteiger partial charge in [0, 0.05) is 21.1 Å². The van der Waals surface area contributed by atoms with Gasteiger partial charge in [0.25, 0.3) is 5.91 Å². The summed E-state index contributed by atoms with van der Waals surface area (Å²) in [6.07, 6.45) is 0. The van der Waals surface area contributed by atoms with Crippen LogP contribution in [0.4, 0.5) is 5.69 Å². The predicted molar refractivity (Wildman–Crippen MR) is 95.9 cm³/mol. The highest BCUT2D eigenvalue weighted by molar-refractivity contribution is 9.11. The summed E-state index contributed by atoms with van der Waals surface area (Å²) in [4.78, 5) is 12.6. The molecular formula is C16H15Br2NO4. The summed E-state index contributed by atoms with van der Waals surface area (Å²) in [7, 11) is 4.53. The number of benzene rings is 2. The Labute approximate surface area is 151 Å². The summed E-state index contributed by atoms with van der Waals surface area (Å²) in [6.45, 7) is 0. The average molecular weight is 445 g/mol. The summed E-state index contributed by atoms with van der Waals surface area (Å²) in [5.74, 6) is 1.02. The number of rotatable bonds is 5. The van der Waals surface area contributed by atoms with Gasteiger partial charge in [0.1, 0.15) is 5.75 Å². The van der Waals surface area contributed by atoms with E-state index in [4.69, 9.17) is 14.2 Å². The molecule has 0 saturated carbocycles. The largest absolute Gasteiger partial charge is 0.496 e. The van der Waals surface area contributed by atoms with Crippen LogP contribution in [0.15, 0.2) is 39.3 Å². The molecule has 1 amide bonds. The maximum absolute atomic E-state index is 12.6. The lowest BCUT2D eigenvalue weighted by Gasteiger charge is -2.14. The molecule has 122 valence electrons. The van der Waals surface area contributed by atoms with E-state index in [1.807, 2.05) is 12.1 Å². The molecule has 0 aliphatic carbocycles. The van der Waals surface area contributed by atoms with E-state index in [2.05, 4.69) is 37.2 Å². The third-order valence-corrected chi connectivity index (χ3v) is 4.31. The number of anilines is 1. The molecule has 23 heavy (non-hydrogen) atoms. The number of hydrogen-bond donors (Lipinski definition) is 1. The molecular weight excluding hydrogens is 430 g/mol.